The molecule has 1 amide bonds. The highest BCUT2D eigenvalue weighted by Gasteiger charge is 2.14. The van der Waals surface area contributed by atoms with Gasteiger partial charge in [-0.05, 0) is 12.5 Å². The Morgan fingerprint density at radius 1 is 1.17 bits per heavy atom. The van der Waals surface area contributed by atoms with E-state index in [1.807, 2.05) is 30.3 Å². The Bertz CT molecular complexity index is 391. The molecule has 0 aliphatic heterocycles. The van der Waals surface area contributed by atoms with Gasteiger partial charge in [0.05, 0.1) is 6.61 Å². The fraction of sp³-hybridized carbons (Fsp3) is 0.385. The third kappa shape index (κ3) is 4.86. The van der Waals surface area contributed by atoms with E-state index in [9.17, 15) is 9.59 Å². The minimum Gasteiger partial charge on any atom is -0.465 e. The van der Waals surface area contributed by atoms with Crippen molar-refractivity contribution in [1.82, 2.24) is 4.90 Å². The molecule has 0 radical (unpaired) electrons. The highest BCUT2D eigenvalue weighted by atomic mass is 16.6. The quantitative estimate of drug-likeness (QED) is 0.749. The first kappa shape index (κ1) is 14.0. The molecule has 0 aliphatic rings. The topological polar surface area (TPSA) is 55.8 Å². The van der Waals surface area contributed by atoms with Gasteiger partial charge in [-0.15, -0.1) is 0 Å². The minimum atomic E-state index is -0.549. The Labute approximate surface area is 106 Å². The SMILES string of the molecule is CCOC(=O)CN(C)C(=O)OCc1ccccc1. The molecule has 18 heavy (non-hydrogen) atoms. The lowest BCUT2D eigenvalue weighted by molar-refractivity contribution is -0.143. The molecule has 5 heteroatoms. The molecule has 0 aliphatic carbocycles. The molecular formula is C13H17NO4. The summed E-state index contributed by atoms with van der Waals surface area (Å²) < 4.78 is 9.79. The van der Waals surface area contributed by atoms with Crippen LogP contribution < -0.4 is 0 Å². The molecule has 1 rings (SSSR count). The maximum atomic E-state index is 11.6. The van der Waals surface area contributed by atoms with Crippen molar-refractivity contribution in [2.45, 2.75) is 13.5 Å². The summed E-state index contributed by atoms with van der Waals surface area (Å²) in [5.74, 6) is -0.448. The average molecular weight is 251 g/mol. The number of esters is 1. The molecule has 98 valence electrons. The van der Waals surface area contributed by atoms with Gasteiger partial charge in [-0.25, -0.2) is 4.79 Å². The largest absolute Gasteiger partial charge is 0.465 e. The van der Waals surface area contributed by atoms with Gasteiger partial charge in [0, 0.05) is 7.05 Å². The van der Waals surface area contributed by atoms with Crippen molar-refractivity contribution in [3.63, 3.8) is 0 Å². The number of hydrogen-bond acceptors (Lipinski definition) is 4. The zero-order valence-electron chi connectivity index (χ0n) is 10.6. The van der Waals surface area contributed by atoms with Crippen molar-refractivity contribution in [3.05, 3.63) is 35.9 Å². The molecule has 1 aromatic carbocycles. The molecular weight excluding hydrogens is 234 g/mol. The third-order valence-corrected chi connectivity index (χ3v) is 2.19. The molecule has 0 atom stereocenters. The predicted molar refractivity (Wildman–Crippen MR) is 65.9 cm³/mol. The number of nitrogens with zero attached hydrogens (tertiary/aromatic N) is 1. The van der Waals surface area contributed by atoms with Crippen LogP contribution >= 0.6 is 0 Å². The van der Waals surface area contributed by atoms with Gasteiger partial charge in [0.15, 0.2) is 0 Å². The lowest BCUT2D eigenvalue weighted by atomic mass is 10.2. The molecule has 0 saturated carbocycles. The average Bonchev–Trinajstić information content (AvgIpc) is 2.37. The van der Waals surface area contributed by atoms with E-state index in [0.717, 1.165) is 5.56 Å². The predicted octanol–water partition coefficient (Wildman–Crippen LogP) is 1.82. The molecule has 0 fully saturated rings. The smallest absolute Gasteiger partial charge is 0.410 e. The van der Waals surface area contributed by atoms with Crippen molar-refractivity contribution in [1.29, 1.82) is 0 Å². The van der Waals surface area contributed by atoms with Gasteiger partial charge < -0.3 is 14.4 Å². The van der Waals surface area contributed by atoms with Gasteiger partial charge in [0.1, 0.15) is 13.2 Å². The molecule has 0 bridgehead atoms. The number of amides is 1. The lowest BCUT2D eigenvalue weighted by Crippen LogP contribution is -2.33. The Morgan fingerprint density at radius 2 is 1.83 bits per heavy atom. The second-order valence-electron chi connectivity index (χ2n) is 3.70. The van der Waals surface area contributed by atoms with E-state index < -0.39 is 12.1 Å². The van der Waals surface area contributed by atoms with Crippen LogP contribution in [0.2, 0.25) is 0 Å². The van der Waals surface area contributed by atoms with E-state index in [1.165, 1.54) is 11.9 Å². The molecule has 0 aromatic heterocycles. The fourth-order valence-corrected chi connectivity index (χ4v) is 1.29. The number of benzene rings is 1. The highest BCUT2D eigenvalue weighted by Crippen LogP contribution is 2.02. The molecule has 0 N–H and O–H groups in total. The standard InChI is InChI=1S/C13H17NO4/c1-3-17-12(15)9-14(2)13(16)18-10-11-7-5-4-6-8-11/h4-8H,3,9-10H2,1-2H3. The summed E-state index contributed by atoms with van der Waals surface area (Å²) in [4.78, 5) is 23.9. The van der Waals surface area contributed by atoms with Crippen molar-refractivity contribution in [2.24, 2.45) is 0 Å². The van der Waals surface area contributed by atoms with Crippen LogP contribution in [0.5, 0.6) is 0 Å². The van der Waals surface area contributed by atoms with Crippen LogP contribution in [0.25, 0.3) is 0 Å². The van der Waals surface area contributed by atoms with E-state index >= 15 is 0 Å². The van der Waals surface area contributed by atoms with E-state index in [2.05, 4.69) is 0 Å². The van der Waals surface area contributed by atoms with E-state index in [1.54, 1.807) is 6.92 Å². The first-order chi connectivity index (χ1) is 8.63. The molecule has 1 aromatic rings. The summed E-state index contributed by atoms with van der Waals surface area (Å²) in [6.45, 7) is 2.09. The summed E-state index contributed by atoms with van der Waals surface area (Å²) in [5.41, 5.74) is 0.899. The fourth-order valence-electron chi connectivity index (χ4n) is 1.29. The van der Waals surface area contributed by atoms with E-state index in [-0.39, 0.29) is 13.2 Å². The van der Waals surface area contributed by atoms with Crippen molar-refractivity contribution in [2.75, 3.05) is 20.2 Å². The maximum absolute atomic E-state index is 11.6. The molecule has 0 saturated heterocycles. The minimum absolute atomic E-state index is 0.110. The second kappa shape index (κ2) is 7.32. The van der Waals surface area contributed by atoms with Gasteiger partial charge in [-0.1, -0.05) is 30.3 Å². The zero-order chi connectivity index (χ0) is 13.4. The number of carbonyl (C=O) groups excluding carboxylic acids is 2. The van der Waals surface area contributed by atoms with Gasteiger partial charge in [0.2, 0.25) is 0 Å². The molecule has 0 spiro atoms. The van der Waals surface area contributed by atoms with Crippen LogP contribution in [-0.4, -0.2) is 37.2 Å². The van der Waals surface area contributed by atoms with Crippen molar-refractivity contribution in [3.8, 4) is 0 Å². The second-order valence-corrected chi connectivity index (χ2v) is 3.70. The van der Waals surface area contributed by atoms with Gasteiger partial charge >= 0.3 is 12.1 Å². The zero-order valence-corrected chi connectivity index (χ0v) is 10.6. The van der Waals surface area contributed by atoms with Crippen molar-refractivity contribution < 1.29 is 19.1 Å². The maximum Gasteiger partial charge on any atom is 0.410 e. The van der Waals surface area contributed by atoms with E-state index in [0.29, 0.717) is 6.61 Å². The first-order valence-corrected chi connectivity index (χ1v) is 5.71. The van der Waals surface area contributed by atoms with E-state index in [4.69, 9.17) is 9.47 Å². The van der Waals surface area contributed by atoms with Crippen LogP contribution in [0.1, 0.15) is 12.5 Å². The third-order valence-electron chi connectivity index (χ3n) is 2.19. The highest BCUT2D eigenvalue weighted by molar-refractivity contribution is 5.77. The number of likely N-dealkylation sites (N-methyl/N-ethyl adjacent to an activating group) is 1. The number of ether oxygens (including phenoxy) is 2. The Kier molecular flexibility index (Phi) is 5.70. The monoisotopic (exact) mass is 251 g/mol. The van der Waals surface area contributed by atoms with Gasteiger partial charge in [-0.2, -0.15) is 0 Å². The summed E-state index contributed by atoms with van der Waals surface area (Å²) in [7, 11) is 1.49. The summed E-state index contributed by atoms with van der Waals surface area (Å²) >= 11 is 0. The Hall–Kier alpha value is -2.04. The number of carbonyl (C=O) groups is 2. The van der Waals surface area contributed by atoms with Crippen LogP contribution in [0.15, 0.2) is 30.3 Å². The Balaban J connectivity index is 2.34. The first-order valence-electron chi connectivity index (χ1n) is 5.71. The van der Waals surface area contributed by atoms with Gasteiger partial charge in [-0.3, -0.25) is 4.79 Å². The summed E-state index contributed by atoms with van der Waals surface area (Å²) in [5, 5.41) is 0. The molecule has 5 nitrogen and oxygen atoms in total. The molecule has 0 unspecified atom stereocenters. The van der Waals surface area contributed by atoms with Crippen LogP contribution in [-0.2, 0) is 20.9 Å². The normalized spacial score (nSPS) is 9.67. The lowest BCUT2D eigenvalue weighted by Gasteiger charge is -2.15. The van der Waals surface area contributed by atoms with Crippen LogP contribution in [0, 0.1) is 0 Å². The van der Waals surface area contributed by atoms with Crippen molar-refractivity contribution >= 4 is 12.1 Å². The van der Waals surface area contributed by atoms with Crippen LogP contribution in [0.4, 0.5) is 4.79 Å². The summed E-state index contributed by atoms with van der Waals surface area (Å²) in [6.07, 6.45) is -0.549. The Morgan fingerprint density at radius 3 is 2.44 bits per heavy atom. The molecule has 0 heterocycles. The number of hydrogen-bond donors (Lipinski definition) is 0. The van der Waals surface area contributed by atoms with Crippen LogP contribution in [0.3, 0.4) is 0 Å². The number of rotatable bonds is 5. The van der Waals surface area contributed by atoms with Gasteiger partial charge in [0.25, 0.3) is 0 Å². The summed E-state index contributed by atoms with van der Waals surface area (Å²) in [6, 6.07) is 9.34.